The Balaban J connectivity index is 0.00000541. The molecule has 0 unspecified atom stereocenters. The molecular weight excluding hydrogens is 683 g/mol. The second kappa shape index (κ2) is 22.5. The van der Waals surface area contributed by atoms with Gasteiger partial charge >= 0.3 is 0 Å². The lowest BCUT2D eigenvalue weighted by Crippen LogP contribution is -3.00. The van der Waals surface area contributed by atoms with Crippen LogP contribution in [0.4, 0.5) is 0 Å². The van der Waals surface area contributed by atoms with Crippen molar-refractivity contribution in [3.05, 3.63) is 157 Å². The van der Waals surface area contributed by atoms with E-state index >= 15 is 0 Å². The second-order valence-electron chi connectivity index (χ2n) is 12.9. The van der Waals surface area contributed by atoms with Gasteiger partial charge in [-0.05, 0) is 85.3 Å². The summed E-state index contributed by atoms with van der Waals surface area (Å²) in [5.74, 6) is 0.914. The van der Waals surface area contributed by atoms with Crippen LogP contribution in [0.5, 0.6) is 5.75 Å². The van der Waals surface area contributed by atoms with Crippen LogP contribution in [0.1, 0.15) is 75.3 Å². The molecule has 0 aliphatic carbocycles. The maximum atomic E-state index is 5.94. The van der Waals surface area contributed by atoms with Crippen LogP contribution in [0.2, 0.25) is 0 Å². The Morgan fingerprint density at radius 3 is 1.31 bits per heavy atom. The Morgan fingerprint density at radius 1 is 0.388 bits per heavy atom. The molecule has 0 fully saturated rings. The molecule has 0 aromatic heterocycles. The van der Waals surface area contributed by atoms with Crippen molar-refractivity contribution in [3.8, 4) is 5.75 Å². The minimum Gasteiger partial charge on any atom is -1.00 e. The van der Waals surface area contributed by atoms with Crippen molar-refractivity contribution in [1.29, 1.82) is 0 Å². The highest BCUT2D eigenvalue weighted by atomic mass is 79.9. The van der Waals surface area contributed by atoms with E-state index in [0.717, 1.165) is 25.4 Å². The molecule has 2 nitrogen and oxygen atoms in total. The molecule has 258 valence electrons. The Kier molecular flexibility index (Phi) is 17.7. The number of rotatable bonds is 22. The summed E-state index contributed by atoms with van der Waals surface area (Å²) in [4.78, 5) is 0. The largest absolute Gasteiger partial charge is 1.00 e. The predicted octanol–water partition coefficient (Wildman–Crippen LogP) is 7.72. The van der Waals surface area contributed by atoms with Gasteiger partial charge in [-0.3, -0.25) is 0 Å². The highest BCUT2D eigenvalue weighted by molar-refractivity contribution is 7.95. The van der Waals surface area contributed by atoms with E-state index in [4.69, 9.17) is 9.47 Å². The Morgan fingerprint density at radius 2 is 0.816 bits per heavy atom. The van der Waals surface area contributed by atoms with Gasteiger partial charge in [0.1, 0.15) is 35.5 Å². The zero-order chi connectivity index (χ0) is 33.0. The van der Waals surface area contributed by atoms with Crippen molar-refractivity contribution in [2.24, 2.45) is 0 Å². The fraction of sp³-hybridized carbons (Fsp3) is 0.333. The Hall–Kier alpha value is -3.23. The third-order valence-corrected chi connectivity index (χ3v) is 13.9. The summed E-state index contributed by atoms with van der Waals surface area (Å²) in [6, 6.07) is 52.7. The molecule has 0 saturated carbocycles. The molecule has 4 heteroatoms. The molecule has 0 atom stereocenters. The van der Waals surface area contributed by atoms with Crippen LogP contribution in [-0.4, -0.2) is 19.4 Å². The van der Waals surface area contributed by atoms with Gasteiger partial charge < -0.3 is 26.5 Å². The van der Waals surface area contributed by atoms with E-state index in [1.807, 2.05) is 18.2 Å². The molecule has 49 heavy (non-hydrogen) atoms. The lowest BCUT2D eigenvalue weighted by atomic mass is 10.1. The van der Waals surface area contributed by atoms with Crippen molar-refractivity contribution in [1.82, 2.24) is 0 Å². The summed E-state index contributed by atoms with van der Waals surface area (Å²) >= 11 is 0. The summed E-state index contributed by atoms with van der Waals surface area (Å²) in [5.41, 5.74) is 2.48. The van der Waals surface area contributed by atoms with Crippen molar-refractivity contribution in [2.75, 3.05) is 19.4 Å². The van der Waals surface area contributed by atoms with E-state index < -0.39 is 7.26 Å². The first-order valence-electron chi connectivity index (χ1n) is 18.2. The van der Waals surface area contributed by atoms with Crippen LogP contribution in [0.3, 0.4) is 0 Å². The number of hydrogen-bond acceptors (Lipinski definition) is 2. The van der Waals surface area contributed by atoms with Crippen LogP contribution >= 0.6 is 7.26 Å². The van der Waals surface area contributed by atoms with Crippen molar-refractivity contribution in [3.63, 3.8) is 0 Å². The van der Waals surface area contributed by atoms with Gasteiger partial charge in [0.05, 0.1) is 12.8 Å². The van der Waals surface area contributed by atoms with E-state index in [0.29, 0.717) is 6.61 Å². The molecule has 0 bridgehead atoms. The molecule has 5 rings (SSSR count). The molecule has 0 N–H and O–H groups in total. The average molecular weight is 738 g/mol. The third-order valence-electron chi connectivity index (χ3n) is 9.33. The maximum Gasteiger partial charge on any atom is 0.119 e. The number of unbranched alkanes of at least 4 members (excludes halogenated alkanes) is 9. The van der Waals surface area contributed by atoms with Gasteiger partial charge in [-0.1, -0.05) is 142 Å². The fourth-order valence-electron chi connectivity index (χ4n) is 6.63. The third kappa shape index (κ3) is 12.6. The van der Waals surface area contributed by atoms with E-state index in [-0.39, 0.29) is 17.0 Å². The summed E-state index contributed by atoms with van der Waals surface area (Å²) in [5, 5.41) is 4.51. The van der Waals surface area contributed by atoms with Crippen LogP contribution in [0.15, 0.2) is 146 Å². The standard InChI is InChI=1S/C45H54O2P.BrH/c1(3-5-7-21-36-46-37-35-40-31-33-42(34-32-40)47-39-41-23-13-9-14-24-41)2-4-6-8-22-38-48(43-25-15-10-16-26-43,44-27-17-11-18-28-44)45-29-19-12-20-30-45;/h9-20,23-34H,1-8,21-22,35-39H2;1H/q+1;/p-1. The fourth-order valence-corrected chi connectivity index (χ4v) is 11.0. The first kappa shape index (κ1) is 38.6. The van der Waals surface area contributed by atoms with Crippen LogP contribution in [0.25, 0.3) is 0 Å². The van der Waals surface area contributed by atoms with Gasteiger partial charge in [-0.2, -0.15) is 0 Å². The van der Waals surface area contributed by atoms with Crippen molar-refractivity contribution >= 4 is 23.2 Å². The first-order chi connectivity index (χ1) is 23.8. The smallest absolute Gasteiger partial charge is 0.119 e. The monoisotopic (exact) mass is 736 g/mol. The van der Waals surface area contributed by atoms with E-state index in [1.54, 1.807) is 0 Å². The van der Waals surface area contributed by atoms with Crippen LogP contribution in [0, 0.1) is 0 Å². The molecule has 0 spiro atoms. The van der Waals surface area contributed by atoms with Crippen molar-refractivity contribution in [2.45, 2.75) is 77.2 Å². The van der Waals surface area contributed by atoms with Crippen LogP contribution < -0.4 is 37.6 Å². The zero-order valence-corrected chi connectivity index (χ0v) is 31.6. The van der Waals surface area contributed by atoms with Crippen molar-refractivity contribution < 1.29 is 26.5 Å². The molecule has 0 radical (unpaired) electrons. The molecule has 0 heterocycles. The molecule has 0 aliphatic rings. The number of hydrogen-bond donors (Lipinski definition) is 0. The van der Waals surface area contributed by atoms with Gasteiger partial charge in [-0.25, -0.2) is 0 Å². The molecule has 0 amide bonds. The normalized spacial score (nSPS) is 11.2. The lowest BCUT2D eigenvalue weighted by Gasteiger charge is -2.27. The highest BCUT2D eigenvalue weighted by Gasteiger charge is 2.44. The molecule has 5 aromatic rings. The number of benzene rings is 5. The quantitative estimate of drug-likeness (QED) is 0.0536. The summed E-state index contributed by atoms with van der Waals surface area (Å²) in [6.07, 6.45) is 15.3. The maximum absolute atomic E-state index is 5.94. The van der Waals surface area contributed by atoms with Gasteiger partial charge in [0.15, 0.2) is 0 Å². The highest BCUT2D eigenvalue weighted by Crippen LogP contribution is 2.56. The summed E-state index contributed by atoms with van der Waals surface area (Å²) in [7, 11) is -1.68. The molecule has 0 aliphatic heterocycles. The van der Waals surface area contributed by atoms with Gasteiger partial charge in [0.2, 0.25) is 0 Å². The van der Waals surface area contributed by atoms with Gasteiger partial charge in [0.25, 0.3) is 0 Å². The SMILES string of the molecule is [Br-].c1ccc(COc2ccc(CCOCCCCCCCCCCCC[P+](c3ccccc3)(c3ccccc3)c3ccccc3)cc2)cc1. The minimum absolute atomic E-state index is 0. The topological polar surface area (TPSA) is 18.5 Å². The number of halogens is 1. The molecular formula is C45H54BrO2P. The lowest BCUT2D eigenvalue weighted by molar-refractivity contribution is -0.0000107. The van der Waals surface area contributed by atoms with E-state index in [9.17, 15) is 0 Å². The average Bonchev–Trinajstić information content (AvgIpc) is 3.16. The first-order valence-corrected chi connectivity index (χ1v) is 20.2. The van der Waals surface area contributed by atoms with Gasteiger partial charge in [-0.15, -0.1) is 0 Å². The Labute approximate surface area is 307 Å². The minimum atomic E-state index is -1.68. The Bertz CT molecular complexity index is 1430. The molecule has 0 saturated heterocycles. The second-order valence-corrected chi connectivity index (χ2v) is 16.5. The predicted molar refractivity (Wildman–Crippen MR) is 208 cm³/mol. The summed E-state index contributed by atoms with van der Waals surface area (Å²) in [6.45, 7) is 2.26. The summed E-state index contributed by atoms with van der Waals surface area (Å²) < 4.78 is 11.8. The zero-order valence-electron chi connectivity index (χ0n) is 29.1. The van der Waals surface area contributed by atoms with E-state index in [1.165, 1.54) is 97.4 Å². The van der Waals surface area contributed by atoms with Crippen LogP contribution in [-0.2, 0) is 17.8 Å². The van der Waals surface area contributed by atoms with E-state index in [2.05, 4.69) is 127 Å². The van der Waals surface area contributed by atoms with Gasteiger partial charge in [0, 0.05) is 6.61 Å². The molecule has 5 aromatic carbocycles. The number of ether oxygens (including phenoxy) is 2.